The maximum Gasteiger partial charge on any atom is 0.326 e. The second-order valence-corrected chi connectivity index (χ2v) is 9.21. The van der Waals surface area contributed by atoms with Gasteiger partial charge >= 0.3 is 23.9 Å². The van der Waals surface area contributed by atoms with E-state index < -0.39 is 52.5 Å². The molecule has 0 saturated carbocycles. The summed E-state index contributed by atoms with van der Waals surface area (Å²) in [6, 6.07) is 2.56. The van der Waals surface area contributed by atoms with Crippen molar-refractivity contribution in [1.29, 1.82) is 0 Å². The zero-order valence-corrected chi connectivity index (χ0v) is 19.2. The molecule has 0 radical (unpaired) electrons. The molecule has 0 aliphatic heterocycles. The summed E-state index contributed by atoms with van der Waals surface area (Å²) in [5, 5.41) is 29.4. The Hall–Kier alpha value is -3.19. The second kappa shape index (κ2) is 12.7. The van der Waals surface area contributed by atoms with Gasteiger partial charge in [-0.05, 0) is 44.7 Å². The molecule has 0 aliphatic rings. The number of aryl methyl sites for hydroxylation is 1. The third-order valence-corrected chi connectivity index (χ3v) is 6.32. The van der Waals surface area contributed by atoms with Crippen molar-refractivity contribution in [3.05, 3.63) is 29.8 Å². The predicted octanol–water partition coefficient (Wildman–Crippen LogP) is 0.856. The largest absolute Gasteiger partial charge is 0.481 e. The van der Waals surface area contributed by atoms with Gasteiger partial charge in [-0.3, -0.25) is 4.79 Å². The first-order valence-electron chi connectivity index (χ1n) is 10.1. The lowest BCUT2D eigenvalue weighted by molar-refractivity contribution is -0.142. The van der Waals surface area contributed by atoms with Crippen LogP contribution in [0.3, 0.4) is 0 Å². The highest BCUT2D eigenvalue weighted by atomic mass is 32.2. The van der Waals surface area contributed by atoms with Crippen LogP contribution in [0.15, 0.2) is 29.2 Å². The molecule has 2 atom stereocenters. The number of hydrogen-bond acceptors (Lipinski definition) is 6. The Balaban J connectivity index is 2.58. The molecule has 33 heavy (non-hydrogen) atoms. The lowest BCUT2D eigenvalue weighted by Gasteiger charge is -2.26. The fraction of sp³-hybridized carbons (Fsp3) is 0.500. The van der Waals surface area contributed by atoms with Crippen LogP contribution in [0.2, 0.25) is 0 Å². The van der Waals surface area contributed by atoms with E-state index in [2.05, 4.69) is 10.0 Å². The van der Waals surface area contributed by atoms with Crippen LogP contribution in [0, 0.1) is 6.92 Å². The summed E-state index contributed by atoms with van der Waals surface area (Å²) in [4.78, 5) is 46.7. The summed E-state index contributed by atoms with van der Waals surface area (Å²) in [5.41, 5.74) is 0.915. The molecular weight excluding hydrogens is 458 g/mol. The number of amides is 2. The number of hydrogen-bond donors (Lipinski definition) is 5. The monoisotopic (exact) mass is 487 g/mol. The number of unbranched alkanes of at least 4 members (excludes halogenated alkanes) is 1. The smallest absolute Gasteiger partial charge is 0.326 e. The first kappa shape index (κ1) is 27.8. The van der Waals surface area contributed by atoms with Crippen LogP contribution in [0.25, 0.3) is 0 Å². The van der Waals surface area contributed by atoms with Crippen LogP contribution in [-0.4, -0.2) is 78.3 Å². The van der Waals surface area contributed by atoms with Gasteiger partial charge in [-0.25, -0.2) is 27.5 Å². The molecule has 5 N–H and O–H groups in total. The summed E-state index contributed by atoms with van der Waals surface area (Å²) in [5.74, 6) is -3.98. The molecule has 1 rings (SSSR count). The van der Waals surface area contributed by atoms with Gasteiger partial charge in [0.15, 0.2) is 0 Å². The average Bonchev–Trinajstić information content (AvgIpc) is 2.72. The number of benzene rings is 1. The van der Waals surface area contributed by atoms with Crippen LogP contribution in [0.4, 0.5) is 4.79 Å². The van der Waals surface area contributed by atoms with Gasteiger partial charge in [0.05, 0.1) is 4.90 Å². The zero-order chi connectivity index (χ0) is 25.2. The summed E-state index contributed by atoms with van der Waals surface area (Å²) in [6.07, 6.45) is -0.267. The van der Waals surface area contributed by atoms with Crippen molar-refractivity contribution in [1.82, 2.24) is 14.9 Å². The lowest BCUT2D eigenvalue weighted by Crippen LogP contribution is -2.52. The molecule has 184 valence electrons. The van der Waals surface area contributed by atoms with Gasteiger partial charge in [-0.1, -0.05) is 17.7 Å². The highest BCUT2D eigenvalue weighted by Crippen LogP contribution is 2.12. The molecule has 0 saturated heterocycles. The number of carboxylic acid groups (broad SMARTS) is 3. The van der Waals surface area contributed by atoms with Crippen LogP contribution < -0.4 is 10.0 Å². The Morgan fingerprint density at radius 3 is 2.09 bits per heavy atom. The highest BCUT2D eigenvalue weighted by Gasteiger charge is 2.29. The maximum atomic E-state index is 12.3. The van der Waals surface area contributed by atoms with Gasteiger partial charge in [0.2, 0.25) is 10.0 Å². The van der Waals surface area contributed by atoms with Gasteiger partial charge in [-0.15, -0.1) is 0 Å². The third-order valence-electron chi connectivity index (χ3n) is 4.84. The fourth-order valence-corrected chi connectivity index (χ4v) is 3.94. The summed E-state index contributed by atoms with van der Waals surface area (Å²) < 4.78 is 26.9. The molecule has 13 heteroatoms. The third kappa shape index (κ3) is 9.45. The van der Waals surface area contributed by atoms with Crippen LogP contribution >= 0.6 is 0 Å². The van der Waals surface area contributed by atoms with Gasteiger partial charge in [0, 0.05) is 20.0 Å². The van der Waals surface area contributed by atoms with Gasteiger partial charge < -0.3 is 25.5 Å². The summed E-state index contributed by atoms with van der Waals surface area (Å²) >= 11 is 0. The minimum absolute atomic E-state index is 0.00161. The fourth-order valence-electron chi connectivity index (χ4n) is 2.87. The molecule has 2 amide bonds. The molecule has 0 aromatic heterocycles. The van der Waals surface area contributed by atoms with Gasteiger partial charge in [0.25, 0.3) is 0 Å². The maximum absolute atomic E-state index is 12.3. The average molecular weight is 488 g/mol. The number of rotatable bonds is 14. The molecule has 1 unspecified atom stereocenters. The van der Waals surface area contributed by atoms with E-state index in [0.717, 1.165) is 10.5 Å². The van der Waals surface area contributed by atoms with E-state index >= 15 is 0 Å². The number of aliphatic carboxylic acids is 3. The number of carbonyl (C=O) groups is 4. The van der Waals surface area contributed by atoms with Gasteiger partial charge in [0.1, 0.15) is 12.1 Å². The number of sulfonamides is 1. The van der Waals surface area contributed by atoms with E-state index in [9.17, 15) is 32.7 Å². The molecule has 0 bridgehead atoms. The van der Waals surface area contributed by atoms with E-state index in [1.165, 1.54) is 19.2 Å². The SMILES string of the molecule is Cc1ccc(S(=O)(=O)NCCCC[C@@H](C(=O)O)N(C)C(=O)NC(CCC(=O)O)C(=O)O)cc1. The predicted molar refractivity (Wildman–Crippen MR) is 116 cm³/mol. The van der Waals surface area contributed by atoms with Crippen molar-refractivity contribution in [3.63, 3.8) is 0 Å². The first-order valence-corrected chi connectivity index (χ1v) is 11.6. The molecular formula is C20H29N3O9S. The number of carbonyl (C=O) groups excluding carboxylic acids is 1. The Bertz CT molecular complexity index is 948. The van der Waals surface area contributed by atoms with Crippen molar-refractivity contribution in [2.24, 2.45) is 0 Å². The quantitative estimate of drug-likeness (QED) is 0.237. The Morgan fingerprint density at radius 2 is 1.58 bits per heavy atom. The number of likely N-dealkylation sites (N-methyl/N-ethyl adjacent to an activating group) is 1. The topological polar surface area (TPSA) is 190 Å². The molecule has 12 nitrogen and oxygen atoms in total. The van der Waals surface area contributed by atoms with E-state index in [1.807, 2.05) is 6.92 Å². The van der Waals surface area contributed by atoms with E-state index in [4.69, 9.17) is 10.2 Å². The Morgan fingerprint density at radius 1 is 0.970 bits per heavy atom. The molecule has 0 aliphatic carbocycles. The van der Waals surface area contributed by atoms with E-state index in [1.54, 1.807) is 12.1 Å². The zero-order valence-electron chi connectivity index (χ0n) is 18.4. The van der Waals surface area contributed by atoms with Gasteiger partial charge in [-0.2, -0.15) is 0 Å². The van der Waals surface area contributed by atoms with Crippen molar-refractivity contribution < 1.29 is 42.9 Å². The number of urea groups is 1. The van der Waals surface area contributed by atoms with Crippen molar-refractivity contribution in [2.75, 3.05) is 13.6 Å². The summed E-state index contributed by atoms with van der Waals surface area (Å²) in [6.45, 7) is 1.90. The normalized spacial score (nSPS) is 13.0. The second-order valence-electron chi connectivity index (χ2n) is 7.44. The van der Waals surface area contributed by atoms with Crippen LogP contribution in [0.1, 0.15) is 37.7 Å². The van der Waals surface area contributed by atoms with Crippen molar-refractivity contribution >= 4 is 34.0 Å². The number of carboxylic acids is 3. The van der Waals surface area contributed by atoms with E-state index in [0.29, 0.717) is 6.42 Å². The van der Waals surface area contributed by atoms with Crippen molar-refractivity contribution in [2.45, 2.75) is 56.0 Å². The minimum Gasteiger partial charge on any atom is -0.481 e. The molecule has 1 aromatic carbocycles. The highest BCUT2D eigenvalue weighted by molar-refractivity contribution is 7.89. The van der Waals surface area contributed by atoms with Crippen molar-refractivity contribution in [3.8, 4) is 0 Å². The number of nitrogens with zero attached hydrogens (tertiary/aromatic N) is 1. The van der Waals surface area contributed by atoms with Crippen LogP contribution in [0.5, 0.6) is 0 Å². The molecule has 0 heterocycles. The summed E-state index contributed by atoms with van der Waals surface area (Å²) in [7, 11) is -2.51. The molecule has 0 fully saturated rings. The Kier molecular flexibility index (Phi) is 10.8. The standard InChI is InChI=1S/C20H29N3O9S/c1-13-6-8-14(9-7-13)33(31,32)21-12-4-3-5-16(19(28)29)23(2)20(30)22-15(18(26)27)10-11-17(24)25/h6-9,15-16,21H,3-5,10-12H2,1-2H3,(H,22,30)(H,24,25)(H,26,27)(H,28,29)/t15?,16-/m0/s1. The van der Waals surface area contributed by atoms with E-state index in [-0.39, 0.29) is 30.7 Å². The molecule has 1 aromatic rings. The number of nitrogens with one attached hydrogen (secondary N) is 2. The lowest BCUT2D eigenvalue weighted by atomic mass is 10.1. The van der Waals surface area contributed by atoms with Crippen LogP contribution in [-0.2, 0) is 24.4 Å². The first-order chi connectivity index (χ1) is 15.3. The molecule has 0 spiro atoms. The Labute approximate surface area is 191 Å². The minimum atomic E-state index is -3.70.